The molecule has 1 atom stereocenters. The van der Waals surface area contributed by atoms with E-state index >= 15 is 0 Å². The number of rotatable bonds is 1. The summed E-state index contributed by atoms with van der Waals surface area (Å²) in [6, 6.07) is 17.3. The topological polar surface area (TPSA) is 50.1 Å². The Balaban J connectivity index is 1.91. The maximum absolute atomic E-state index is 12.9. The molecule has 1 spiro atoms. The van der Waals surface area contributed by atoms with Crippen LogP contribution in [0.4, 0.5) is 0 Å². The zero-order valence-electron chi connectivity index (χ0n) is 12.6. The van der Waals surface area contributed by atoms with E-state index in [1.165, 1.54) is 0 Å². The average Bonchev–Trinajstić information content (AvgIpc) is 3.08. The highest BCUT2D eigenvalue weighted by Gasteiger charge is 2.45. The lowest BCUT2D eigenvalue weighted by molar-refractivity contribution is 0.0351. The van der Waals surface area contributed by atoms with Gasteiger partial charge in [-0.2, -0.15) is 5.26 Å². The minimum absolute atomic E-state index is 0.0583. The van der Waals surface area contributed by atoms with Crippen molar-refractivity contribution in [2.45, 2.75) is 18.4 Å². The number of hydrogen-bond donors (Lipinski definition) is 0. The largest absolute Gasteiger partial charge is 0.363 e. The number of hydrogen-bond acceptors (Lipinski definition) is 3. The molecule has 1 aliphatic heterocycles. The van der Waals surface area contributed by atoms with Crippen molar-refractivity contribution in [2.24, 2.45) is 0 Å². The smallest absolute Gasteiger partial charge is 0.199 e. The Hall–Kier alpha value is -2.70. The molecule has 0 N–H and O–H groups in total. The fraction of sp³-hybridized carbons (Fsp3) is 0.200. The van der Waals surface area contributed by atoms with Crippen molar-refractivity contribution < 1.29 is 9.53 Å². The Morgan fingerprint density at radius 1 is 1.04 bits per heavy atom. The summed E-state index contributed by atoms with van der Waals surface area (Å²) in [6.07, 6.45) is 3.59. The molecule has 1 heterocycles. The van der Waals surface area contributed by atoms with E-state index in [1.54, 1.807) is 12.1 Å². The molecule has 23 heavy (non-hydrogen) atoms. The van der Waals surface area contributed by atoms with Crippen LogP contribution in [0.25, 0.3) is 5.57 Å². The minimum Gasteiger partial charge on any atom is -0.363 e. The number of carbonyl (C=O) groups excluding carboxylic acids is 1. The molecule has 112 valence electrons. The van der Waals surface area contributed by atoms with Crippen molar-refractivity contribution >= 4 is 11.4 Å². The van der Waals surface area contributed by atoms with Crippen LogP contribution in [0, 0.1) is 11.3 Å². The highest BCUT2D eigenvalue weighted by Crippen LogP contribution is 2.41. The summed E-state index contributed by atoms with van der Waals surface area (Å²) in [4.78, 5) is 12.9. The van der Waals surface area contributed by atoms with Crippen LogP contribution < -0.4 is 0 Å². The van der Waals surface area contributed by atoms with Gasteiger partial charge in [-0.15, -0.1) is 0 Å². The van der Waals surface area contributed by atoms with E-state index in [9.17, 15) is 4.79 Å². The van der Waals surface area contributed by atoms with Crippen LogP contribution in [0.2, 0.25) is 0 Å². The number of benzene rings is 2. The summed E-state index contributed by atoms with van der Waals surface area (Å²) in [5.74, 6) is 0.0583. The van der Waals surface area contributed by atoms with Gasteiger partial charge in [-0.05, 0) is 47.8 Å². The Kier molecular flexibility index (Phi) is 3.14. The van der Waals surface area contributed by atoms with Crippen molar-refractivity contribution in [3.05, 3.63) is 76.9 Å². The normalized spacial score (nSPS) is 22.6. The van der Waals surface area contributed by atoms with Gasteiger partial charge in [-0.1, -0.05) is 36.4 Å². The van der Waals surface area contributed by atoms with E-state index in [0.717, 1.165) is 35.1 Å². The molecule has 2 aliphatic rings. The Labute approximate surface area is 134 Å². The van der Waals surface area contributed by atoms with Gasteiger partial charge in [0.05, 0.1) is 11.6 Å². The number of nitriles is 1. The van der Waals surface area contributed by atoms with Crippen molar-refractivity contribution in [3.63, 3.8) is 0 Å². The third-order valence-corrected chi connectivity index (χ3v) is 4.60. The van der Waals surface area contributed by atoms with E-state index in [0.29, 0.717) is 12.2 Å². The summed E-state index contributed by atoms with van der Waals surface area (Å²) in [5, 5.41) is 8.97. The number of Topliss-reactive ketones (excluding diaryl/α,β-unsaturated/α-hetero) is 1. The molecule has 1 fully saturated rings. The maximum atomic E-state index is 12.9. The fourth-order valence-corrected chi connectivity index (χ4v) is 3.44. The predicted octanol–water partition coefficient (Wildman–Crippen LogP) is 3.74. The molecule has 2 aromatic rings. The summed E-state index contributed by atoms with van der Waals surface area (Å²) >= 11 is 0. The predicted molar refractivity (Wildman–Crippen MR) is 86.9 cm³/mol. The van der Waals surface area contributed by atoms with Crippen LogP contribution in [0.1, 0.15) is 39.9 Å². The Morgan fingerprint density at radius 3 is 2.43 bits per heavy atom. The summed E-state index contributed by atoms with van der Waals surface area (Å²) in [6.45, 7) is 0.616. The highest BCUT2D eigenvalue weighted by atomic mass is 16.5. The number of fused-ring (bicyclic) bond motifs is 1. The first-order valence-corrected chi connectivity index (χ1v) is 7.75. The third kappa shape index (κ3) is 2.11. The second kappa shape index (κ2) is 5.19. The van der Waals surface area contributed by atoms with E-state index < -0.39 is 5.60 Å². The second-order valence-electron chi connectivity index (χ2n) is 5.96. The Bertz CT molecular complexity index is 850. The standard InChI is InChI=1S/C20H15NO2/c21-13-14-6-8-15(9-7-14)18-12-20(10-3-11-23-20)19(22)17-5-2-1-4-16(17)18/h1-2,4-9,12H,3,10-11H2/t20-/m1/s1. The van der Waals surface area contributed by atoms with Crippen LogP contribution in [-0.4, -0.2) is 18.0 Å². The average molecular weight is 301 g/mol. The van der Waals surface area contributed by atoms with Crippen LogP contribution in [0.15, 0.2) is 54.6 Å². The van der Waals surface area contributed by atoms with Gasteiger partial charge in [0.25, 0.3) is 0 Å². The zero-order chi connectivity index (χ0) is 15.9. The molecule has 0 amide bonds. The van der Waals surface area contributed by atoms with E-state index in [1.807, 2.05) is 42.5 Å². The first-order valence-electron chi connectivity index (χ1n) is 7.75. The van der Waals surface area contributed by atoms with Gasteiger partial charge in [0, 0.05) is 12.2 Å². The lowest BCUT2D eigenvalue weighted by Gasteiger charge is -2.30. The molecule has 4 rings (SSSR count). The van der Waals surface area contributed by atoms with Gasteiger partial charge >= 0.3 is 0 Å². The third-order valence-electron chi connectivity index (χ3n) is 4.60. The molecule has 0 radical (unpaired) electrons. The number of carbonyl (C=O) groups is 1. The number of ketones is 1. The molecule has 3 heteroatoms. The van der Waals surface area contributed by atoms with Crippen LogP contribution in [0.3, 0.4) is 0 Å². The van der Waals surface area contributed by atoms with Crippen molar-refractivity contribution in [2.75, 3.05) is 6.61 Å². The highest BCUT2D eigenvalue weighted by molar-refractivity contribution is 6.12. The lowest BCUT2D eigenvalue weighted by atomic mass is 9.77. The SMILES string of the molecule is N#Cc1ccc(C2=C[C@]3(CCCO3)C(=O)c3ccccc32)cc1. The van der Waals surface area contributed by atoms with Crippen molar-refractivity contribution in [1.29, 1.82) is 5.26 Å². The maximum Gasteiger partial charge on any atom is 0.199 e. The van der Waals surface area contributed by atoms with Crippen LogP contribution >= 0.6 is 0 Å². The zero-order valence-corrected chi connectivity index (χ0v) is 12.6. The van der Waals surface area contributed by atoms with Crippen LogP contribution in [-0.2, 0) is 4.74 Å². The van der Waals surface area contributed by atoms with Crippen molar-refractivity contribution in [3.8, 4) is 6.07 Å². The first-order chi connectivity index (χ1) is 11.2. The second-order valence-corrected chi connectivity index (χ2v) is 5.96. The molecule has 1 aliphatic carbocycles. The van der Waals surface area contributed by atoms with Crippen LogP contribution in [0.5, 0.6) is 0 Å². The van der Waals surface area contributed by atoms with Crippen molar-refractivity contribution in [1.82, 2.24) is 0 Å². The fourth-order valence-electron chi connectivity index (χ4n) is 3.44. The summed E-state index contributed by atoms with van der Waals surface area (Å²) < 4.78 is 5.87. The molecule has 0 unspecified atom stereocenters. The van der Waals surface area contributed by atoms with Gasteiger partial charge in [0.2, 0.25) is 0 Å². The molecule has 2 aromatic carbocycles. The molecular weight excluding hydrogens is 286 g/mol. The van der Waals surface area contributed by atoms with Gasteiger partial charge in [-0.3, -0.25) is 4.79 Å². The molecule has 1 saturated heterocycles. The van der Waals surface area contributed by atoms with Gasteiger partial charge < -0.3 is 4.74 Å². The monoisotopic (exact) mass is 301 g/mol. The first kappa shape index (κ1) is 13.9. The van der Waals surface area contributed by atoms with E-state index in [2.05, 4.69) is 6.07 Å². The molecule has 0 saturated carbocycles. The summed E-state index contributed by atoms with van der Waals surface area (Å²) in [7, 11) is 0. The van der Waals surface area contributed by atoms with Gasteiger partial charge in [-0.25, -0.2) is 0 Å². The minimum atomic E-state index is -0.822. The number of ether oxygens (including phenoxy) is 1. The summed E-state index contributed by atoms with van der Waals surface area (Å²) in [5.41, 5.74) is 3.46. The number of nitrogens with zero attached hydrogens (tertiary/aromatic N) is 1. The quantitative estimate of drug-likeness (QED) is 0.806. The molecule has 0 bridgehead atoms. The van der Waals surface area contributed by atoms with Gasteiger partial charge in [0.1, 0.15) is 5.60 Å². The molecule has 0 aromatic heterocycles. The molecular formula is C20H15NO2. The lowest BCUT2D eigenvalue weighted by Crippen LogP contribution is -2.39. The van der Waals surface area contributed by atoms with E-state index in [4.69, 9.17) is 10.00 Å². The van der Waals surface area contributed by atoms with E-state index in [-0.39, 0.29) is 5.78 Å². The Morgan fingerprint density at radius 2 is 1.78 bits per heavy atom. The molecule has 3 nitrogen and oxygen atoms in total. The van der Waals surface area contributed by atoms with Gasteiger partial charge in [0.15, 0.2) is 5.78 Å².